The van der Waals surface area contributed by atoms with E-state index in [-0.39, 0.29) is 28.9 Å². The van der Waals surface area contributed by atoms with Gasteiger partial charge in [0.2, 0.25) is 0 Å². The summed E-state index contributed by atoms with van der Waals surface area (Å²) in [5.74, 6) is -1.02. The number of hydrogen-bond donors (Lipinski definition) is 1. The quantitative estimate of drug-likeness (QED) is 0.232. The van der Waals surface area contributed by atoms with Crippen molar-refractivity contribution in [1.29, 1.82) is 0 Å². The lowest BCUT2D eigenvalue weighted by molar-refractivity contribution is -0.140. The summed E-state index contributed by atoms with van der Waals surface area (Å²) in [5, 5.41) is 11.4. The van der Waals surface area contributed by atoms with E-state index in [1.807, 2.05) is 20.8 Å². The monoisotopic (exact) mass is 527 g/mol. The van der Waals surface area contributed by atoms with E-state index < -0.39 is 35.2 Å². The van der Waals surface area contributed by atoms with Crippen molar-refractivity contribution in [2.24, 2.45) is 0 Å². The number of rotatable bonds is 5. The second kappa shape index (κ2) is 9.70. The van der Waals surface area contributed by atoms with Crippen LogP contribution in [0.25, 0.3) is 5.76 Å². The number of likely N-dealkylation sites (tertiary alicyclic amines) is 1. The Morgan fingerprint density at radius 2 is 1.76 bits per heavy atom. The van der Waals surface area contributed by atoms with Gasteiger partial charge in [0.15, 0.2) is 0 Å². The fourth-order valence-corrected chi connectivity index (χ4v) is 4.58. The molecule has 0 radical (unpaired) electrons. The molecule has 1 saturated heterocycles. The molecule has 4 rings (SSSR count). The number of carbonyl (C=O) groups excluding carboxylic acids is 2. The van der Waals surface area contributed by atoms with Crippen molar-refractivity contribution in [3.05, 3.63) is 93.9 Å². The van der Waals surface area contributed by atoms with Crippen molar-refractivity contribution in [3.63, 3.8) is 0 Å². The number of ether oxygens (including phenoxy) is 1. The van der Waals surface area contributed by atoms with E-state index in [2.05, 4.69) is 0 Å². The molecule has 1 aliphatic heterocycles. The SMILES string of the molecule is COc1ccc(/C(O)=C2/C(=O)C(=O)N(Cc3cccc(C(F)(F)F)c3)C2c2ccc(C)o2)cc1C(C)(C)C. The van der Waals surface area contributed by atoms with Gasteiger partial charge in [-0.15, -0.1) is 0 Å². The molecule has 1 aliphatic rings. The zero-order chi connectivity index (χ0) is 28.0. The third-order valence-corrected chi connectivity index (χ3v) is 6.46. The molecule has 1 atom stereocenters. The summed E-state index contributed by atoms with van der Waals surface area (Å²) in [6.07, 6.45) is -4.57. The van der Waals surface area contributed by atoms with Crippen molar-refractivity contribution in [1.82, 2.24) is 4.90 Å². The summed E-state index contributed by atoms with van der Waals surface area (Å²) in [6.45, 7) is 7.28. The number of furan rings is 1. The van der Waals surface area contributed by atoms with Crippen molar-refractivity contribution >= 4 is 17.4 Å². The number of aliphatic hydroxyl groups is 1. The van der Waals surface area contributed by atoms with Crippen LogP contribution in [-0.2, 0) is 27.7 Å². The minimum atomic E-state index is -4.57. The minimum absolute atomic E-state index is 0.175. The van der Waals surface area contributed by atoms with Crippen LogP contribution >= 0.6 is 0 Å². The van der Waals surface area contributed by atoms with Gasteiger partial charge in [-0.25, -0.2) is 0 Å². The predicted octanol–water partition coefficient (Wildman–Crippen LogP) is 6.53. The Labute approximate surface area is 218 Å². The Bertz CT molecular complexity index is 1430. The summed E-state index contributed by atoms with van der Waals surface area (Å²) in [6, 6.07) is 11.6. The number of aryl methyl sites for hydroxylation is 1. The average molecular weight is 528 g/mol. The van der Waals surface area contributed by atoms with Crippen LogP contribution in [0, 0.1) is 6.92 Å². The number of amides is 1. The van der Waals surface area contributed by atoms with Crippen molar-refractivity contribution < 1.29 is 37.0 Å². The fraction of sp³-hybridized carbons (Fsp3) is 0.310. The maximum atomic E-state index is 13.3. The summed E-state index contributed by atoms with van der Waals surface area (Å²) in [5.41, 5.74) is -0.205. The van der Waals surface area contributed by atoms with Gasteiger partial charge in [-0.05, 0) is 60.4 Å². The number of nitrogens with zero attached hydrogens (tertiary/aromatic N) is 1. The van der Waals surface area contributed by atoms with E-state index >= 15 is 0 Å². The van der Waals surface area contributed by atoms with Crippen LogP contribution in [0.4, 0.5) is 13.2 Å². The van der Waals surface area contributed by atoms with E-state index in [1.165, 1.54) is 19.2 Å². The van der Waals surface area contributed by atoms with Gasteiger partial charge in [0.25, 0.3) is 11.7 Å². The molecule has 6 nitrogen and oxygen atoms in total. The first kappa shape index (κ1) is 27.0. The lowest BCUT2D eigenvalue weighted by Gasteiger charge is -2.25. The van der Waals surface area contributed by atoms with Crippen molar-refractivity contribution in [3.8, 4) is 5.75 Å². The topological polar surface area (TPSA) is 80.0 Å². The Kier molecular flexibility index (Phi) is 6.90. The van der Waals surface area contributed by atoms with Crippen molar-refractivity contribution in [2.45, 2.75) is 51.9 Å². The molecule has 200 valence electrons. The molecule has 2 heterocycles. The van der Waals surface area contributed by atoms with Gasteiger partial charge in [0.1, 0.15) is 29.1 Å². The lowest BCUT2D eigenvalue weighted by Crippen LogP contribution is -2.29. The Morgan fingerprint density at radius 1 is 1.05 bits per heavy atom. The highest BCUT2D eigenvalue weighted by Gasteiger charge is 2.47. The summed E-state index contributed by atoms with van der Waals surface area (Å²) in [7, 11) is 1.53. The zero-order valence-corrected chi connectivity index (χ0v) is 21.6. The summed E-state index contributed by atoms with van der Waals surface area (Å²) >= 11 is 0. The predicted molar refractivity (Wildman–Crippen MR) is 134 cm³/mol. The molecule has 0 saturated carbocycles. The molecule has 0 spiro atoms. The first-order valence-corrected chi connectivity index (χ1v) is 11.9. The lowest BCUT2D eigenvalue weighted by atomic mass is 9.84. The molecule has 38 heavy (non-hydrogen) atoms. The van der Waals surface area contributed by atoms with E-state index in [0.29, 0.717) is 17.1 Å². The van der Waals surface area contributed by atoms with Crippen LogP contribution in [0.1, 0.15) is 60.6 Å². The largest absolute Gasteiger partial charge is 0.507 e. The molecule has 1 amide bonds. The fourth-order valence-electron chi connectivity index (χ4n) is 4.58. The number of alkyl halides is 3. The average Bonchev–Trinajstić information content (AvgIpc) is 3.38. The molecule has 9 heteroatoms. The first-order chi connectivity index (χ1) is 17.7. The van der Waals surface area contributed by atoms with Gasteiger partial charge in [0, 0.05) is 17.7 Å². The molecule has 1 N–H and O–H groups in total. The van der Waals surface area contributed by atoms with E-state index in [9.17, 15) is 27.9 Å². The third-order valence-electron chi connectivity index (χ3n) is 6.46. The van der Waals surface area contributed by atoms with Crippen LogP contribution < -0.4 is 4.74 Å². The highest BCUT2D eigenvalue weighted by molar-refractivity contribution is 6.46. The van der Waals surface area contributed by atoms with E-state index in [0.717, 1.165) is 22.6 Å². The minimum Gasteiger partial charge on any atom is -0.507 e. The van der Waals surface area contributed by atoms with Gasteiger partial charge in [-0.1, -0.05) is 32.9 Å². The molecular weight excluding hydrogens is 499 g/mol. The molecule has 0 aliphatic carbocycles. The number of halogens is 3. The normalized spacial score (nSPS) is 17.8. The highest BCUT2D eigenvalue weighted by atomic mass is 19.4. The molecule has 3 aromatic rings. The van der Waals surface area contributed by atoms with Gasteiger partial charge in [-0.3, -0.25) is 9.59 Å². The number of aliphatic hydroxyl groups excluding tert-OH is 1. The van der Waals surface area contributed by atoms with Gasteiger partial charge in [0.05, 0.1) is 18.2 Å². The Hall–Kier alpha value is -4.01. The van der Waals surface area contributed by atoms with E-state index in [4.69, 9.17) is 9.15 Å². The summed E-state index contributed by atoms with van der Waals surface area (Å²) < 4.78 is 51.1. The van der Waals surface area contributed by atoms with Crippen LogP contribution in [0.2, 0.25) is 0 Å². The Morgan fingerprint density at radius 3 is 2.34 bits per heavy atom. The smallest absolute Gasteiger partial charge is 0.416 e. The molecule has 1 unspecified atom stereocenters. The standard InChI is InChI=1S/C29H28F3NO5/c1-16-9-11-22(38-16)24-23(25(34)18-10-12-21(37-5)20(14-18)28(2,3)4)26(35)27(36)33(24)15-17-7-6-8-19(13-17)29(30,31)32/h6-14,24,34H,15H2,1-5H3/b25-23-. The van der Waals surface area contributed by atoms with Crippen LogP contribution in [0.15, 0.2) is 64.6 Å². The first-order valence-electron chi connectivity index (χ1n) is 11.9. The maximum absolute atomic E-state index is 13.3. The molecule has 0 bridgehead atoms. The van der Waals surface area contributed by atoms with Crippen LogP contribution in [-0.4, -0.2) is 28.8 Å². The number of Topliss-reactive ketones (excluding diaryl/α,β-unsaturated/α-hetero) is 1. The molecule has 1 fully saturated rings. The van der Waals surface area contributed by atoms with Crippen LogP contribution in [0.5, 0.6) is 5.75 Å². The van der Waals surface area contributed by atoms with Gasteiger partial charge >= 0.3 is 6.18 Å². The number of methoxy groups -OCH3 is 1. The number of benzene rings is 2. The molecular formula is C29H28F3NO5. The van der Waals surface area contributed by atoms with Crippen LogP contribution in [0.3, 0.4) is 0 Å². The zero-order valence-electron chi connectivity index (χ0n) is 21.6. The van der Waals surface area contributed by atoms with Gasteiger partial charge < -0.3 is 19.2 Å². The van der Waals surface area contributed by atoms with E-state index in [1.54, 1.807) is 37.3 Å². The molecule has 1 aromatic heterocycles. The number of carbonyl (C=O) groups is 2. The maximum Gasteiger partial charge on any atom is 0.416 e. The van der Waals surface area contributed by atoms with Crippen molar-refractivity contribution in [2.75, 3.05) is 7.11 Å². The van der Waals surface area contributed by atoms with Gasteiger partial charge in [-0.2, -0.15) is 13.2 Å². The second-order valence-electron chi connectivity index (χ2n) is 10.2. The second-order valence-corrected chi connectivity index (χ2v) is 10.2. The number of hydrogen-bond acceptors (Lipinski definition) is 5. The third kappa shape index (κ3) is 5.05. The number of ketones is 1. The summed E-state index contributed by atoms with van der Waals surface area (Å²) in [4.78, 5) is 27.6. The molecule has 2 aromatic carbocycles. The highest BCUT2D eigenvalue weighted by Crippen LogP contribution is 2.42. The Balaban J connectivity index is 1.86.